The highest BCUT2D eigenvalue weighted by atomic mass is 16.4. The lowest BCUT2D eigenvalue weighted by atomic mass is 9.88. The fourth-order valence-electron chi connectivity index (χ4n) is 3.12. The van der Waals surface area contributed by atoms with Crippen molar-refractivity contribution in [2.75, 3.05) is 26.2 Å². The average molecular weight is 376 g/mol. The first-order valence-electron chi connectivity index (χ1n) is 8.44. The van der Waals surface area contributed by atoms with Gasteiger partial charge in [0.15, 0.2) is 0 Å². The Bertz CT molecular complexity index is 502. The van der Waals surface area contributed by atoms with Crippen LogP contribution in [0.2, 0.25) is 0 Å². The van der Waals surface area contributed by atoms with Gasteiger partial charge >= 0.3 is 23.9 Å². The smallest absolute Gasteiger partial charge is 0.324 e. The molecule has 0 radical (unpaired) electrons. The van der Waals surface area contributed by atoms with Gasteiger partial charge in [-0.25, -0.2) is 0 Å². The van der Waals surface area contributed by atoms with E-state index in [0.717, 1.165) is 4.90 Å². The number of carbonyl (C=O) groups is 4. The van der Waals surface area contributed by atoms with Gasteiger partial charge in [0.2, 0.25) is 0 Å². The predicted octanol–water partition coefficient (Wildman–Crippen LogP) is 0.266. The second kappa shape index (κ2) is 10.7. The predicted molar refractivity (Wildman–Crippen MR) is 91.1 cm³/mol. The van der Waals surface area contributed by atoms with E-state index in [9.17, 15) is 29.4 Å². The molecule has 0 bridgehead atoms. The molecule has 0 aliphatic carbocycles. The molecule has 0 fully saturated rings. The van der Waals surface area contributed by atoms with Crippen molar-refractivity contribution in [2.45, 2.75) is 51.6 Å². The van der Waals surface area contributed by atoms with E-state index in [2.05, 4.69) is 0 Å². The number of aliphatic carboxylic acids is 4. The first kappa shape index (κ1) is 23.8. The van der Waals surface area contributed by atoms with E-state index >= 15 is 0 Å². The molecule has 150 valence electrons. The molecule has 4 N–H and O–H groups in total. The summed E-state index contributed by atoms with van der Waals surface area (Å²) >= 11 is 0. The molecule has 0 amide bonds. The second-order valence-corrected chi connectivity index (χ2v) is 6.00. The lowest BCUT2D eigenvalue weighted by molar-refractivity contribution is -0.161. The van der Waals surface area contributed by atoms with Gasteiger partial charge in [-0.2, -0.15) is 0 Å². The van der Waals surface area contributed by atoms with Crippen molar-refractivity contribution in [2.24, 2.45) is 0 Å². The van der Waals surface area contributed by atoms with E-state index in [4.69, 9.17) is 10.2 Å². The Balaban J connectivity index is 5.71. The maximum absolute atomic E-state index is 11.9. The number of nitrogens with zero attached hydrogens (tertiary/aromatic N) is 2. The topological polar surface area (TPSA) is 156 Å². The van der Waals surface area contributed by atoms with Gasteiger partial charge in [0.25, 0.3) is 0 Å². The van der Waals surface area contributed by atoms with Crippen LogP contribution in [0.15, 0.2) is 0 Å². The van der Waals surface area contributed by atoms with E-state index in [1.807, 2.05) is 0 Å². The van der Waals surface area contributed by atoms with Crippen molar-refractivity contribution in [3.05, 3.63) is 0 Å². The van der Waals surface area contributed by atoms with Gasteiger partial charge in [-0.1, -0.05) is 20.8 Å². The molecule has 0 spiro atoms. The Labute approximate surface area is 152 Å². The van der Waals surface area contributed by atoms with Crippen LogP contribution >= 0.6 is 0 Å². The van der Waals surface area contributed by atoms with Crippen LogP contribution in [-0.4, -0.2) is 91.9 Å². The minimum Gasteiger partial charge on any atom is -0.480 e. The average Bonchev–Trinajstić information content (AvgIpc) is 2.52. The quantitative estimate of drug-likeness (QED) is 0.332. The van der Waals surface area contributed by atoms with Gasteiger partial charge in [0.05, 0.1) is 13.1 Å². The van der Waals surface area contributed by atoms with Crippen molar-refractivity contribution in [3.63, 3.8) is 0 Å². The molecular weight excluding hydrogens is 348 g/mol. The van der Waals surface area contributed by atoms with Crippen LogP contribution in [0.25, 0.3) is 0 Å². The third-order valence-electron chi connectivity index (χ3n) is 4.54. The van der Waals surface area contributed by atoms with Crippen molar-refractivity contribution >= 4 is 23.9 Å². The summed E-state index contributed by atoms with van der Waals surface area (Å²) in [7, 11) is 0. The zero-order valence-electron chi connectivity index (χ0n) is 15.3. The first-order chi connectivity index (χ1) is 12.0. The number of rotatable bonds is 14. The van der Waals surface area contributed by atoms with Gasteiger partial charge in [-0.05, 0) is 19.3 Å². The van der Waals surface area contributed by atoms with Gasteiger partial charge in [-0.15, -0.1) is 0 Å². The molecule has 0 aromatic heterocycles. The maximum Gasteiger partial charge on any atom is 0.324 e. The summed E-state index contributed by atoms with van der Waals surface area (Å²) in [4.78, 5) is 47.9. The standard InChI is InChI=1S/C16H28N2O8/c1-4-11(14(23)24)18(16(5-2,6-3)15(25)26)8-7-17(9-12(19)20)10-13(21)22/h11H,4-10H2,1-3H3,(H,19,20)(H,21,22)(H,23,24)(H,25,26). The van der Waals surface area contributed by atoms with Crippen molar-refractivity contribution < 1.29 is 39.6 Å². The lowest BCUT2D eigenvalue weighted by Gasteiger charge is -2.43. The molecule has 0 aromatic carbocycles. The third-order valence-corrected chi connectivity index (χ3v) is 4.54. The molecule has 0 aliphatic rings. The van der Waals surface area contributed by atoms with Crippen LogP contribution < -0.4 is 0 Å². The van der Waals surface area contributed by atoms with Gasteiger partial charge < -0.3 is 20.4 Å². The summed E-state index contributed by atoms with van der Waals surface area (Å²) < 4.78 is 0. The summed E-state index contributed by atoms with van der Waals surface area (Å²) in [6.45, 7) is 3.66. The monoisotopic (exact) mass is 376 g/mol. The largest absolute Gasteiger partial charge is 0.480 e. The first-order valence-corrected chi connectivity index (χ1v) is 8.44. The van der Waals surface area contributed by atoms with E-state index in [-0.39, 0.29) is 32.4 Å². The highest BCUT2D eigenvalue weighted by Crippen LogP contribution is 2.28. The fraction of sp³-hybridized carbons (Fsp3) is 0.750. The number of carboxylic acid groups (broad SMARTS) is 4. The molecule has 1 unspecified atom stereocenters. The molecule has 0 saturated carbocycles. The molecule has 0 rings (SSSR count). The Hall–Kier alpha value is -2.20. The number of carboxylic acids is 4. The van der Waals surface area contributed by atoms with Crippen molar-refractivity contribution in [1.82, 2.24) is 9.80 Å². The molecule has 0 heterocycles. The molecule has 10 nitrogen and oxygen atoms in total. The molecular formula is C16H28N2O8. The number of hydrogen-bond donors (Lipinski definition) is 4. The zero-order valence-corrected chi connectivity index (χ0v) is 15.3. The van der Waals surface area contributed by atoms with Gasteiger partial charge in [0, 0.05) is 13.1 Å². The normalized spacial score (nSPS) is 13.0. The maximum atomic E-state index is 11.9. The molecule has 0 aliphatic heterocycles. The van der Waals surface area contributed by atoms with Gasteiger partial charge in [0.1, 0.15) is 11.6 Å². The van der Waals surface area contributed by atoms with Crippen LogP contribution in [0.1, 0.15) is 40.0 Å². The summed E-state index contributed by atoms with van der Waals surface area (Å²) in [6, 6.07) is -1.08. The van der Waals surface area contributed by atoms with E-state index in [1.54, 1.807) is 20.8 Å². The lowest BCUT2D eigenvalue weighted by Crippen LogP contribution is -2.61. The zero-order chi connectivity index (χ0) is 20.5. The summed E-state index contributed by atoms with van der Waals surface area (Å²) in [5.74, 6) is -4.79. The van der Waals surface area contributed by atoms with Crippen LogP contribution in [0.5, 0.6) is 0 Å². The highest BCUT2D eigenvalue weighted by molar-refractivity contribution is 5.81. The number of hydrogen-bond acceptors (Lipinski definition) is 6. The Morgan fingerprint density at radius 1 is 0.846 bits per heavy atom. The molecule has 0 saturated heterocycles. The van der Waals surface area contributed by atoms with Crippen LogP contribution in [-0.2, 0) is 19.2 Å². The van der Waals surface area contributed by atoms with Crippen molar-refractivity contribution in [3.8, 4) is 0 Å². The SMILES string of the molecule is CCC(C(=O)O)N(CCN(CC(=O)O)CC(=O)O)C(CC)(CC)C(=O)O. The van der Waals surface area contributed by atoms with E-state index in [0.29, 0.717) is 0 Å². The minimum atomic E-state index is -1.43. The molecule has 10 heteroatoms. The highest BCUT2D eigenvalue weighted by Gasteiger charge is 2.45. The summed E-state index contributed by atoms with van der Waals surface area (Å²) in [5, 5.41) is 37.1. The Kier molecular flexibility index (Phi) is 9.81. The fourth-order valence-corrected chi connectivity index (χ4v) is 3.12. The second-order valence-electron chi connectivity index (χ2n) is 6.00. The molecule has 1 atom stereocenters. The summed E-state index contributed by atoms with van der Waals surface area (Å²) in [5.41, 5.74) is -1.43. The van der Waals surface area contributed by atoms with E-state index in [1.165, 1.54) is 4.90 Å². The Morgan fingerprint density at radius 3 is 1.58 bits per heavy atom. The molecule has 0 aromatic rings. The minimum absolute atomic E-state index is 0.0840. The molecule has 26 heavy (non-hydrogen) atoms. The van der Waals surface area contributed by atoms with Crippen molar-refractivity contribution in [1.29, 1.82) is 0 Å². The van der Waals surface area contributed by atoms with E-state index < -0.39 is 48.5 Å². The Morgan fingerprint density at radius 2 is 1.31 bits per heavy atom. The van der Waals surface area contributed by atoms with Crippen LogP contribution in [0, 0.1) is 0 Å². The van der Waals surface area contributed by atoms with Crippen LogP contribution in [0.4, 0.5) is 0 Å². The van der Waals surface area contributed by atoms with Gasteiger partial charge in [-0.3, -0.25) is 29.0 Å². The third kappa shape index (κ3) is 6.26. The summed E-state index contributed by atoms with van der Waals surface area (Å²) in [6.07, 6.45) is 0.461. The van der Waals surface area contributed by atoms with Crippen LogP contribution in [0.3, 0.4) is 0 Å².